The molecule has 4 N–H and O–H groups in total. The highest BCUT2D eigenvalue weighted by atomic mass is 35.5. The normalized spacial score (nSPS) is 14.6. The summed E-state index contributed by atoms with van der Waals surface area (Å²) < 4.78 is 13.3. The van der Waals surface area contributed by atoms with E-state index in [0.717, 1.165) is 16.3 Å². The molecule has 3 aromatic rings. The molecule has 0 aromatic heterocycles. The Morgan fingerprint density at radius 1 is 0.947 bits per heavy atom. The van der Waals surface area contributed by atoms with E-state index in [1.54, 1.807) is 0 Å². The Kier molecular flexibility index (Phi) is 9.60. The zero-order valence-corrected chi connectivity index (χ0v) is 22.4. The quantitative estimate of drug-likeness (QED) is 0.226. The summed E-state index contributed by atoms with van der Waals surface area (Å²) in [5.74, 6) is -1.12. The van der Waals surface area contributed by atoms with Crippen molar-refractivity contribution < 1.29 is 18.8 Å². The molecule has 4 rings (SSSR count). The lowest BCUT2D eigenvalue weighted by Gasteiger charge is -2.37. The van der Waals surface area contributed by atoms with Crippen LogP contribution in [0.3, 0.4) is 0 Å². The first-order valence-electron chi connectivity index (χ1n) is 12.5. The van der Waals surface area contributed by atoms with E-state index in [1.807, 2.05) is 42.5 Å². The summed E-state index contributed by atoms with van der Waals surface area (Å²) in [6.07, 6.45) is 1.14. The average molecular weight is 557 g/mol. The van der Waals surface area contributed by atoms with Crippen LogP contribution in [-0.4, -0.2) is 55.2 Å². The first kappa shape index (κ1) is 27.9. The number of fused-ring (bicyclic) bond motifs is 1. The van der Waals surface area contributed by atoms with Crippen LogP contribution < -0.4 is 21.3 Å². The van der Waals surface area contributed by atoms with Crippen molar-refractivity contribution in [3.63, 3.8) is 0 Å². The van der Waals surface area contributed by atoms with E-state index in [4.69, 9.17) is 11.6 Å². The molecule has 1 aliphatic rings. The number of benzene rings is 3. The van der Waals surface area contributed by atoms with Gasteiger partial charge in [-0.2, -0.15) is 0 Å². The van der Waals surface area contributed by atoms with Crippen molar-refractivity contribution in [1.82, 2.24) is 21.3 Å². The number of carbonyl (C=O) groups excluding carboxylic acids is 3. The van der Waals surface area contributed by atoms with E-state index < -0.39 is 11.4 Å². The molecule has 1 fully saturated rings. The molecule has 0 saturated carbocycles. The highest BCUT2D eigenvalue weighted by molar-refractivity contribution is 8.00. The van der Waals surface area contributed by atoms with Gasteiger partial charge in [0.2, 0.25) is 17.7 Å². The fourth-order valence-electron chi connectivity index (χ4n) is 4.53. The second kappa shape index (κ2) is 13.1. The van der Waals surface area contributed by atoms with Gasteiger partial charge in [-0.3, -0.25) is 14.4 Å². The number of thioether (sulfide) groups is 1. The van der Waals surface area contributed by atoms with Crippen LogP contribution in [0.5, 0.6) is 0 Å². The van der Waals surface area contributed by atoms with Crippen LogP contribution in [0.15, 0.2) is 65.6 Å². The van der Waals surface area contributed by atoms with E-state index in [0.29, 0.717) is 30.8 Å². The molecule has 38 heavy (non-hydrogen) atoms. The Bertz CT molecular complexity index is 1310. The van der Waals surface area contributed by atoms with E-state index in [2.05, 4.69) is 21.3 Å². The predicted molar refractivity (Wildman–Crippen MR) is 149 cm³/mol. The first-order valence-corrected chi connectivity index (χ1v) is 13.8. The summed E-state index contributed by atoms with van der Waals surface area (Å²) in [4.78, 5) is 39.0. The molecule has 200 valence electrons. The summed E-state index contributed by atoms with van der Waals surface area (Å²) in [7, 11) is 0. The van der Waals surface area contributed by atoms with Gasteiger partial charge in [0.05, 0.1) is 17.2 Å². The van der Waals surface area contributed by atoms with Gasteiger partial charge < -0.3 is 21.3 Å². The summed E-state index contributed by atoms with van der Waals surface area (Å²) in [5.41, 5.74) is -0.0941. The van der Waals surface area contributed by atoms with E-state index in [1.165, 1.54) is 30.0 Å². The van der Waals surface area contributed by atoms with Gasteiger partial charge in [-0.15, -0.1) is 11.8 Å². The van der Waals surface area contributed by atoms with Gasteiger partial charge >= 0.3 is 0 Å². The summed E-state index contributed by atoms with van der Waals surface area (Å²) in [6, 6.07) is 17.8. The van der Waals surface area contributed by atoms with Gasteiger partial charge in [-0.25, -0.2) is 4.39 Å². The molecule has 0 atom stereocenters. The summed E-state index contributed by atoms with van der Waals surface area (Å²) in [5, 5.41) is 14.2. The number of piperidine rings is 1. The van der Waals surface area contributed by atoms with Crippen LogP contribution in [-0.2, 0) is 20.8 Å². The molecule has 0 spiro atoms. The number of rotatable bonds is 10. The molecule has 3 aromatic carbocycles. The third-order valence-corrected chi connectivity index (χ3v) is 7.99. The molecule has 0 bridgehead atoms. The van der Waals surface area contributed by atoms with Gasteiger partial charge in [0.15, 0.2) is 0 Å². The van der Waals surface area contributed by atoms with Gasteiger partial charge in [0, 0.05) is 18.0 Å². The molecule has 0 unspecified atom stereocenters. The van der Waals surface area contributed by atoms with Gasteiger partial charge in [0.25, 0.3) is 0 Å². The lowest BCUT2D eigenvalue weighted by Crippen LogP contribution is -2.63. The Morgan fingerprint density at radius 3 is 2.47 bits per heavy atom. The Morgan fingerprint density at radius 2 is 1.68 bits per heavy atom. The number of halogens is 2. The molecule has 1 heterocycles. The van der Waals surface area contributed by atoms with Crippen molar-refractivity contribution in [3.05, 3.63) is 77.1 Å². The first-order chi connectivity index (χ1) is 18.4. The molecule has 0 aliphatic carbocycles. The molecule has 0 radical (unpaired) electrons. The zero-order valence-electron chi connectivity index (χ0n) is 20.8. The lowest BCUT2D eigenvalue weighted by atomic mass is 9.87. The maximum atomic E-state index is 13.3. The SMILES string of the molecule is O=C(Cc1cccc2ccccc12)NCCNC(=O)C1(NC(=O)CSc2ccc(F)cc2Cl)CCNCC1. The Balaban J connectivity index is 1.26. The van der Waals surface area contributed by atoms with Crippen molar-refractivity contribution in [2.24, 2.45) is 0 Å². The third kappa shape index (κ3) is 7.24. The van der Waals surface area contributed by atoms with Crippen LogP contribution in [0.1, 0.15) is 18.4 Å². The zero-order chi connectivity index (χ0) is 27.0. The van der Waals surface area contributed by atoms with Crippen molar-refractivity contribution in [2.75, 3.05) is 31.9 Å². The largest absolute Gasteiger partial charge is 0.354 e. The fraction of sp³-hybridized carbons (Fsp3) is 0.321. The van der Waals surface area contributed by atoms with Crippen molar-refractivity contribution in [1.29, 1.82) is 0 Å². The number of hydrogen-bond donors (Lipinski definition) is 4. The van der Waals surface area contributed by atoms with Crippen LogP contribution in [0.25, 0.3) is 10.8 Å². The molecule has 1 saturated heterocycles. The van der Waals surface area contributed by atoms with Crippen molar-refractivity contribution in [2.45, 2.75) is 29.7 Å². The van der Waals surface area contributed by atoms with Crippen molar-refractivity contribution >= 4 is 51.9 Å². The Labute approximate surface area is 230 Å². The summed E-state index contributed by atoms with van der Waals surface area (Å²) >= 11 is 7.24. The van der Waals surface area contributed by atoms with Gasteiger partial charge in [-0.05, 0) is 60.5 Å². The number of amides is 3. The topological polar surface area (TPSA) is 99.3 Å². The maximum absolute atomic E-state index is 13.3. The van der Waals surface area contributed by atoms with Crippen LogP contribution >= 0.6 is 23.4 Å². The molecular weight excluding hydrogens is 527 g/mol. The van der Waals surface area contributed by atoms with Gasteiger partial charge in [0.1, 0.15) is 11.4 Å². The molecule has 7 nitrogen and oxygen atoms in total. The van der Waals surface area contributed by atoms with Crippen molar-refractivity contribution in [3.8, 4) is 0 Å². The van der Waals surface area contributed by atoms with E-state index in [-0.39, 0.29) is 48.0 Å². The van der Waals surface area contributed by atoms with E-state index >= 15 is 0 Å². The minimum atomic E-state index is -1.04. The number of hydrogen-bond acceptors (Lipinski definition) is 5. The average Bonchev–Trinajstić information content (AvgIpc) is 2.91. The van der Waals surface area contributed by atoms with Crippen LogP contribution in [0.2, 0.25) is 5.02 Å². The minimum absolute atomic E-state index is 0.0397. The monoisotopic (exact) mass is 556 g/mol. The smallest absolute Gasteiger partial charge is 0.245 e. The van der Waals surface area contributed by atoms with E-state index in [9.17, 15) is 18.8 Å². The molecular formula is C28H30ClFN4O3S. The second-order valence-corrected chi connectivity index (χ2v) is 10.6. The second-order valence-electron chi connectivity index (χ2n) is 9.16. The van der Waals surface area contributed by atoms with Crippen LogP contribution in [0.4, 0.5) is 4.39 Å². The third-order valence-electron chi connectivity index (χ3n) is 6.49. The van der Waals surface area contributed by atoms with Crippen LogP contribution in [0, 0.1) is 5.82 Å². The number of nitrogens with one attached hydrogen (secondary N) is 4. The highest BCUT2D eigenvalue weighted by Gasteiger charge is 2.40. The minimum Gasteiger partial charge on any atom is -0.354 e. The molecule has 10 heteroatoms. The lowest BCUT2D eigenvalue weighted by molar-refractivity contribution is -0.133. The number of carbonyl (C=O) groups is 3. The fourth-order valence-corrected chi connectivity index (χ4v) is 5.58. The molecule has 3 amide bonds. The highest BCUT2D eigenvalue weighted by Crippen LogP contribution is 2.28. The molecule has 1 aliphatic heterocycles. The predicted octanol–water partition coefficient (Wildman–Crippen LogP) is 3.44. The summed E-state index contributed by atoms with van der Waals surface area (Å²) in [6.45, 7) is 1.69. The van der Waals surface area contributed by atoms with Gasteiger partial charge in [-0.1, -0.05) is 54.1 Å². The Hall–Kier alpha value is -3.14. The standard InChI is InChI=1S/C28H30ClFN4O3S/c29-23-17-21(30)8-9-24(23)38-18-26(36)34-28(10-12-31-13-11-28)27(37)33-15-14-32-25(35)16-20-6-3-5-19-4-1-2-7-22(19)20/h1-9,17,31H,10-16,18H2,(H,32,35)(H,33,37)(H,34,36). The maximum Gasteiger partial charge on any atom is 0.245 e.